The van der Waals surface area contributed by atoms with E-state index in [2.05, 4.69) is 5.32 Å². The number of nitrogens with zero attached hydrogens (tertiary/aromatic N) is 1. The minimum atomic E-state index is -0.764. The average molecular weight is 439 g/mol. The number of hydrogen-bond acceptors (Lipinski definition) is 3. The molecule has 2 amide bonds. The molecule has 0 saturated carbocycles. The lowest BCUT2D eigenvalue weighted by atomic mass is 9.78. The van der Waals surface area contributed by atoms with E-state index < -0.39 is 11.5 Å². The molecule has 2 aliphatic rings. The van der Waals surface area contributed by atoms with Crippen LogP contribution in [0.2, 0.25) is 0 Å². The molecule has 1 N–H and O–H groups in total. The maximum Gasteiger partial charge on any atom is 0.251 e. The van der Waals surface area contributed by atoms with E-state index in [0.717, 1.165) is 24.0 Å². The summed E-state index contributed by atoms with van der Waals surface area (Å²) in [5, 5.41) is 3.06. The fourth-order valence-electron chi connectivity index (χ4n) is 4.84. The molecule has 0 aromatic heterocycles. The molecule has 0 bridgehead atoms. The summed E-state index contributed by atoms with van der Waals surface area (Å²) in [6.45, 7) is 5.34. The number of ether oxygens (including phenoxy) is 1. The van der Waals surface area contributed by atoms with Crippen LogP contribution >= 0.6 is 0 Å². The number of nitrogens with one attached hydrogen (secondary N) is 1. The molecule has 6 heteroatoms. The zero-order valence-corrected chi connectivity index (χ0v) is 18.8. The van der Waals surface area contributed by atoms with Crippen molar-refractivity contribution in [1.82, 2.24) is 10.2 Å². The maximum atomic E-state index is 14.6. The largest absolute Gasteiger partial charge is 0.368 e. The highest BCUT2D eigenvalue weighted by Crippen LogP contribution is 2.38. The molecule has 4 rings (SSSR count). The number of hydrogen-bond donors (Lipinski definition) is 1. The molecule has 2 aromatic carbocycles. The van der Waals surface area contributed by atoms with Gasteiger partial charge in [0.2, 0.25) is 5.91 Å². The highest BCUT2D eigenvalue weighted by molar-refractivity contribution is 5.87. The van der Waals surface area contributed by atoms with E-state index in [1.807, 2.05) is 44.2 Å². The molecule has 5 nitrogen and oxygen atoms in total. The molecule has 0 radical (unpaired) electrons. The number of halogens is 1. The van der Waals surface area contributed by atoms with Gasteiger partial charge in [0.1, 0.15) is 11.9 Å². The Kier molecular flexibility index (Phi) is 6.60. The van der Waals surface area contributed by atoms with Crippen LogP contribution in [-0.2, 0) is 20.7 Å². The normalized spacial score (nSPS) is 23.0. The van der Waals surface area contributed by atoms with Crippen molar-refractivity contribution in [2.45, 2.75) is 51.7 Å². The summed E-state index contributed by atoms with van der Waals surface area (Å²) < 4.78 is 20.2. The first kappa shape index (κ1) is 22.5. The minimum Gasteiger partial charge on any atom is -0.368 e. The summed E-state index contributed by atoms with van der Waals surface area (Å²) in [5.74, 6) is -0.371. The topological polar surface area (TPSA) is 58.6 Å². The van der Waals surface area contributed by atoms with Crippen LogP contribution < -0.4 is 5.32 Å². The Morgan fingerprint density at radius 2 is 1.88 bits per heavy atom. The van der Waals surface area contributed by atoms with E-state index in [9.17, 15) is 14.0 Å². The van der Waals surface area contributed by atoms with Gasteiger partial charge in [-0.25, -0.2) is 4.39 Å². The number of carbonyl (C=O) groups excluding carboxylic acids is 2. The molecule has 170 valence electrons. The van der Waals surface area contributed by atoms with Gasteiger partial charge in [-0.3, -0.25) is 9.59 Å². The molecule has 32 heavy (non-hydrogen) atoms. The second kappa shape index (κ2) is 9.41. The molecule has 2 aromatic rings. The van der Waals surface area contributed by atoms with Gasteiger partial charge in [-0.05, 0) is 56.7 Å². The van der Waals surface area contributed by atoms with Crippen molar-refractivity contribution in [1.29, 1.82) is 0 Å². The highest BCUT2D eigenvalue weighted by Gasteiger charge is 2.47. The Morgan fingerprint density at radius 1 is 1.16 bits per heavy atom. The van der Waals surface area contributed by atoms with Gasteiger partial charge in [0.05, 0.1) is 5.41 Å². The van der Waals surface area contributed by atoms with Crippen LogP contribution in [0.4, 0.5) is 4.39 Å². The Labute approximate surface area is 188 Å². The summed E-state index contributed by atoms with van der Waals surface area (Å²) in [4.78, 5) is 28.2. The van der Waals surface area contributed by atoms with E-state index in [-0.39, 0.29) is 23.7 Å². The van der Waals surface area contributed by atoms with Crippen LogP contribution in [0.1, 0.15) is 38.7 Å². The van der Waals surface area contributed by atoms with Crippen molar-refractivity contribution >= 4 is 11.8 Å². The number of rotatable bonds is 6. The summed E-state index contributed by atoms with van der Waals surface area (Å²) in [6.07, 6.45) is 2.22. The van der Waals surface area contributed by atoms with Crippen molar-refractivity contribution in [3.63, 3.8) is 0 Å². The zero-order chi connectivity index (χ0) is 22.7. The molecule has 2 fully saturated rings. The quantitative estimate of drug-likeness (QED) is 0.743. The molecule has 2 heterocycles. The molecule has 2 aliphatic heterocycles. The van der Waals surface area contributed by atoms with E-state index in [0.29, 0.717) is 38.1 Å². The molecule has 0 unspecified atom stereocenters. The number of amides is 2. The summed E-state index contributed by atoms with van der Waals surface area (Å²) in [6, 6.07) is 14.3. The number of likely N-dealkylation sites (tertiary alicyclic amines) is 1. The van der Waals surface area contributed by atoms with Gasteiger partial charge in [0.25, 0.3) is 5.91 Å². The summed E-state index contributed by atoms with van der Waals surface area (Å²) in [7, 11) is 0. The zero-order valence-electron chi connectivity index (χ0n) is 18.8. The van der Waals surface area contributed by atoms with Crippen LogP contribution in [0.5, 0.6) is 0 Å². The first-order chi connectivity index (χ1) is 15.4. The van der Waals surface area contributed by atoms with E-state index in [1.54, 1.807) is 17.0 Å². The summed E-state index contributed by atoms with van der Waals surface area (Å²) in [5.41, 5.74) is 1.45. The highest BCUT2D eigenvalue weighted by atomic mass is 19.1. The summed E-state index contributed by atoms with van der Waals surface area (Å²) >= 11 is 0. The minimum absolute atomic E-state index is 0.0101. The molecule has 2 atom stereocenters. The third kappa shape index (κ3) is 4.56. The van der Waals surface area contributed by atoms with Gasteiger partial charge >= 0.3 is 0 Å². The van der Waals surface area contributed by atoms with Crippen LogP contribution in [0, 0.1) is 11.2 Å². The van der Waals surface area contributed by atoms with Crippen molar-refractivity contribution < 1.29 is 18.7 Å². The Morgan fingerprint density at radius 3 is 2.56 bits per heavy atom. The lowest BCUT2D eigenvalue weighted by Crippen LogP contribution is -2.48. The second-order valence-electron chi connectivity index (χ2n) is 9.23. The van der Waals surface area contributed by atoms with Crippen molar-refractivity contribution in [2.75, 3.05) is 19.7 Å². The first-order valence-corrected chi connectivity index (χ1v) is 11.4. The van der Waals surface area contributed by atoms with E-state index >= 15 is 0 Å². The van der Waals surface area contributed by atoms with Crippen molar-refractivity contribution in [3.05, 3.63) is 59.9 Å². The van der Waals surface area contributed by atoms with Crippen LogP contribution in [-0.4, -0.2) is 48.6 Å². The van der Waals surface area contributed by atoms with Crippen LogP contribution in [0.15, 0.2) is 48.5 Å². The fourth-order valence-corrected chi connectivity index (χ4v) is 4.84. The number of benzene rings is 2. The third-order valence-corrected chi connectivity index (χ3v) is 6.48. The fraction of sp³-hybridized carbons (Fsp3) is 0.462. The molecule has 0 aliphatic carbocycles. The van der Waals surface area contributed by atoms with Crippen LogP contribution in [0.25, 0.3) is 11.1 Å². The molecule has 2 saturated heterocycles. The Hall–Kier alpha value is -2.73. The second-order valence-corrected chi connectivity index (χ2v) is 9.23. The van der Waals surface area contributed by atoms with Gasteiger partial charge < -0.3 is 15.0 Å². The van der Waals surface area contributed by atoms with Gasteiger partial charge in [-0.15, -0.1) is 0 Å². The molecular weight excluding hydrogens is 407 g/mol. The maximum absolute atomic E-state index is 14.6. The number of carbonyl (C=O) groups is 2. The Bertz CT molecular complexity index is 987. The lowest BCUT2D eigenvalue weighted by Gasteiger charge is -2.30. The van der Waals surface area contributed by atoms with Crippen molar-refractivity contribution in [3.8, 4) is 11.1 Å². The standard InChI is InChI=1S/C26H31FN2O3/c1-18(2)28-25(31)26(13-14-29(17-26)24(30)23-12-7-15-32-23)16-19-8-3-4-9-20(19)21-10-5-6-11-22(21)27/h3-6,8-11,18,23H,7,12-17H2,1-2H3,(H,28,31)/t23-,26+/m1/s1. The molecule has 0 spiro atoms. The molecular formula is C26H31FN2O3. The van der Waals surface area contributed by atoms with Gasteiger partial charge in [0.15, 0.2) is 0 Å². The first-order valence-electron chi connectivity index (χ1n) is 11.4. The monoisotopic (exact) mass is 438 g/mol. The van der Waals surface area contributed by atoms with E-state index in [4.69, 9.17) is 4.74 Å². The van der Waals surface area contributed by atoms with Crippen molar-refractivity contribution in [2.24, 2.45) is 5.41 Å². The third-order valence-electron chi connectivity index (χ3n) is 6.48. The van der Waals surface area contributed by atoms with Gasteiger partial charge in [-0.1, -0.05) is 42.5 Å². The van der Waals surface area contributed by atoms with E-state index in [1.165, 1.54) is 6.07 Å². The van der Waals surface area contributed by atoms with Gasteiger partial charge in [-0.2, -0.15) is 0 Å². The smallest absolute Gasteiger partial charge is 0.251 e. The Balaban J connectivity index is 1.65. The van der Waals surface area contributed by atoms with Crippen LogP contribution in [0.3, 0.4) is 0 Å². The predicted molar refractivity (Wildman–Crippen MR) is 121 cm³/mol. The predicted octanol–water partition coefficient (Wildman–Crippen LogP) is 3.96. The average Bonchev–Trinajstić information content (AvgIpc) is 3.45. The van der Waals surface area contributed by atoms with Gasteiger partial charge in [0, 0.05) is 31.3 Å². The lowest BCUT2D eigenvalue weighted by molar-refractivity contribution is -0.141. The SMILES string of the molecule is CC(C)NC(=O)[C@]1(Cc2ccccc2-c2ccccc2F)CCN(C(=O)[C@H]2CCCO2)C1.